The van der Waals surface area contributed by atoms with Gasteiger partial charge in [0.25, 0.3) is 5.91 Å². The number of phenolic OH excluding ortho intramolecular Hbond substituents is 1. The highest BCUT2D eigenvalue weighted by molar-refractivity contribution is 5.98. The number of phenols is 2. The molecule has 0 aliphatic rings. The van der Waals surface area contributed by atoms with Gasteiger partial charge < -0.3 is 20.7 Å². The molecule has 120 valence electrons. The van der Waals surface area contributed by atoms with Crippen LogP contribution in [0.25, 0.3) is 0 Å². The molecular formula is C15H13NO7. The highest BCUT2D eigenvalue weighted by Crippen LogP contribution is 2.31. The summed E-state index contributed by atoms with van der Waals surface area (Å²) in [5, 5.41) is 19.4. The zero-order valence-corrected chi connectivity index (χ0v) is 12.0. The topological polar surface area (TPSA) is 128 Å². The second-order valence-electron chi connectivity index (χ2n) is 4.32. The summed E-state index contributed by atoms with van der Waals surface area (Å²) < 4.78 is 4.54. The van der Waals surface area contributed by atoms with Gasteiger partial charge in [-0.1, -0.05) is 12.1 Å². The summed E-state index contributed by atoms with van der Waals surface area (Å²) in [7, 11) is 1.14. The molecule has 2 rings (SSSR count). The van der Waals surface area contributed by atoms with E-state index in [1.165, 1.54) is 36.4 Å². The minimum Gasteiger partial charge on any atom is -0.507 e. The fraction of sp³-hybridized carbons (Fsp3) is 0.0667. The number of esters is 1. The smallest absolute Gasteiger partial charge is 0.345 e. The van der Waals surface area contributed by atoms with Crippen molar-refractivity contribution in [2.75, 3.05) is 7.11 Å². The quantitative estimate of drug-likeness (QED) is 0.431. The SMILES string of the molecule is COC(=O)c1c(O)cccc1OOc1cccc(O)c1C(N)=O. The van der Waals surface area contributed by atoms with Gasteiger partial charge in [-0.3, -0.25) is 14.6 Å². The van der Waals surface area contributed by atoms with Gasteiger partial charge in [0.1, 0.15) is 22.6 Å². The lowest BCUT2D eigenvalue weighted by molar-refractivity contribution is -0.101. The van der Waals surface area contributed by atoms with Crippen LogP contribution in [0, 0.1) is 0 Å². The molecule has 0 radical (unpaired) electrons. The number of nitrogens with two attached hydrogens (primary N) is 1. The lowest BCUT2D eigenvalue weighted by atomic mass is 10.1. The number of carbonyl (C=O) groups is 2. The van der Waals surface area contributed by atoms with Crippen molar-refractivity contribution in [1.82, 2.24) is 0 Å². The minimum absolute atomic E-state index is 0.143. The van der Waals surface area contributed by atoms with Crippen LogP contribution < -0.4 is 15.5 Å². The average Bonchev–Trinajstić information content (AvgIpc) is 2.51. The second kappa shape index (κ2) is 6.56. The van der Waals surface area contributed by atoms with E-state index in [1.807, 2.05) is 0 Å². The largest absolute Gasteiger partial charge is 0.507 e. The van der Waals surface area contributed by atoms with Crippen molar-refractivity contribution in [2.24, 2.45) is 5.73 Å². The molecule has 8 nitrogen and oxygen atoms in total. The third-order valence-electron chi connectivity index (χ3n) is 2.87. The molecule has 0 bridgehead atoms. The highest BCUT2D eigenvalue weighted by atomic mass is 17.2. The summed E-state index contributed by atoms with van der Waals surface area (Å²) >= 11 is 0. The van der Waals surface area contributed by atoms with Crippen molar-refractivity contribution in [3.63, 3.8) is 0 Å². The van der Waals surface area contributed by atoms with E-state index >= 15 is 0 Å². The number of methoxy groups -OCH3 is 1. The molecule has 0 fully saturated rings. The normalized spacial score (nSPS) is 9.96. The number of hydrogen-bond donors (Lipinski definition) is 3. The van der Waals surface area contributed by atoms with Gasteiger partial charge in [-0.15, -0.1) is 0 Å². The Morgan fingerprint density at radius 2 is 1.39 bits per heavy atom. The van der Waals surface area contributed by atoms with Gasteiger partial charge in [-0.05, 0) is 24.3 Å². The molecule has 0 aromatic heterocycles. The van der Waals surface area contributed by atoms with Gasteiger partial charge in [0.15, 0.2) is 11.5 Å². The maximum Gasteiger partial charge on any atom is 0.345 e. The molecule has 4 N–H and O–H groups in total. The van der Waals surface area contributed by atoms with Crippen molar-refractivity contribution in [3.8, 4) is 23.0 Å². The average molecular weight is 319 g/mol. The summed E-state index contributed by atoms with van der Waals surface area (Å²) in [5.74, 6) is -2.82. The number of amides is 1. The van der Waals surface area contributed by atoms with Gasteiger partial charge in [0, 0.05) is 0 Å². The lowest BCUT2D eigenvalue weighted by Crippen LogP contribution is -2.15. The van der Waals surface area contributed by atoms with Crippen LogP contribution in [0.15, 0.2) is 36.4 Å². The van der Waals surface area contributed by atoms with Crippen molar-refractivity contribution < 1.29 is 34.3 Å². The predicted octanol–water partition coefficient (Wildman–Crippen LogP) is 1.36. The van der Waals surface area contributed by atoms with Gasteiger partial charge in [0.05, 0.1) is 7.11 Å². The first kappa shape index (κ1) is 16.0. The van der Waals surface area contributed by atoms with Crippen LogP contribution in [0.1, 0.15) is 20.7 Å². The minimum atomic E-state index is -0.925. The number of carbonyl (C=O) groups excluding carboxylic acids is 2. The van der Waals surface area contributed by atoms with Crippen LogP contribution in [-0.2, 0) is 4.74 Å². The maximum absolute atomic E-state index is 11.7. The predicted molar refractivity (Wildman–Crippen MR) is 77.3 cm³/mol. The third kappa shape index (κ3) is 3.26. The van der Waals surface area contributed by atoms with E-state index in [-0.39, 0.29) is 34.1 Å². The Balaban J connectivity index is 2.33. The molecule has 0 atom stereocenters. The van der Waals surface area contributed by atoms with Gasteiger partial charge in [0.2, 0.25) is 0 Å². The molecule has 0 aliphatic heterocycles. The summed E-state index contributed by atoms with van der Waals surface area (Å²) in [6, 6.07) is 8.02. The van der Waals surface area contributed by atoms with Crippen LogP contribution in [0.5, 0.6) is 23.0 Å². The first-order chi connectivity index (χ1) is 11.0. The maximum atomic E-state index is 11.7. The standard InChI is InChI=1S/C15H13NO7/c1-21-15(20)13-9(18)5-3-7-11(13)23-22-10-6-2-4-8(17)12(10)14(16)19/h2-7,17-18H,1H3,(H2,16,19). The summed E-state index contributed by atoms with van der Waals surface area (Å²) in [5.41, 5.74) is 4.62. The fourth-order valence-corrected chi connectivity index (χ4v) is 1.82. The van der Waals surface area contributed by atoms with Crippen LogP contribution in [0.4, 0.5) is 0 Å². The van der Waals surface area contributed by atoms with E-state index < -0.39 is 11.9 Å². The molecule has 2 aromatic carbocycles. The zero-order chi connectivity index (χ0) is 17.0. The van der Waals surface area contributed by atoms with E-state index in [2.05, 4.69) is 4.74 Å². The number of aromatic hydroxyl groups is 2. The van der Waals surface area contributed by atoms with E-state index in [4.69, 9.17) is 15.5 Å². The second-order valence-corrected chi connectivity index (χ2v) is 4.32. The van der Waals surface area contributed by atoms with E-state index in [1.54, 1.807) is 0 Å². The van der Waals surface area contributed by atoms with Gasteiger partial charge in [-0.2, -0.15) is 0 Å². The molecule has 0 aliphatic carbocycles. The number of ether oxygens (including phenoxy) is 1. The van der Waals surface area contributed by atoms with Crippen molar-refractivity contribution in [2.45, 2.75) is 0 Å². The molecule has 0 saturated carbocycles. The Morgan fingerprint density at radius 3 is 1.87 bits per heavy atom. The Kier molecular flexibility index (Phi) is 4.55. The molecular weight excluding hydrogens is 306 g/mol. The molecule has 0 saturated heterocycles. The number of benzene rings is 2. The molecule has 0 unspecified atom stereocenters. The Morgan fingerprint density at radius 1 is 0.913 bits per heavy atom. The Labute approximate surface area is 130 Å². The van der Waals surface area contributed by atoms with Crippen LogP contribution in [0.2, 0.25) is 0 Å². The van der Waals surface area contributed by atoms with E-state index in [0.717, 1.165) is 7.11 Å². The fourth-order valence-electron chi connectivity index (χ4n) is 1.82. The van der Waals surface area contributed by atoms with E-state index in [9.17, 15) is 19.8 Å². The van der Waals surface area contributed by atoms with Gasteiger partial charge in [-0.25, -0.2) is 4.79 Å². The first-order valence-electron chi connectivity index (χ1n) is 6.32. The first-order valence-corrected chi connectivity index (χ1v) is 6.32. The molecule has 1 amide bonds. The summed E-state index contributed by atoms with van der Waals surface area (Å²) in [4.78, 5) is 33.0. The van der Waals surface area contributed by atoms with E-state index in [0.29, 0.717) is 0 Å². The van der Waals surface area contributed by atoms with Crippen molar-refractivity contribution in [3.05, 3.63) is 47.5 Å². The monoisotopic (exact) mass is 319 g/mol. The molecule has 8 heteroatoms. The van der Waals surface area contributed by atoms with Crippen LogP contribution >= 0.6 is 0 Å². The highest BCUT2D eigenvalue weighted by Gasteiger charge is 2.21. The summed E-state index contributed by atoms with van der Waals surface area (Å²) in [6.45, 7) is 0. The lowest BCUT2D eigenvalue weighted by Gasteiger charge is -2.12. The van der Waals surface area contributed by atoms with Crippen LogP contribution in [-0.4, -0.2) is 29.2 Å². The number of primary amides is 1. The van der Waals surface area contributed by atoms with Crippen molar-refractivity contribution in [1.29, 1.82) is 0 Å². The Hall–Kier alpha value is -3.42. The van der Waals surface area contributed by atoms with Crippen LogP contribution in [0.3, 0.4) is 0 Å². The molecule has 23 heavy (non-hydrogen) atoms. The molecule has 0 heterocycles. The zero-order valence-electron chi connectivity index (χ0n) is 12.0. The number of rotatable bonds is 5. The number of hydrogen-bond acceptors (Lipinski definition) is 7. The molecule has 0 spiro atoms. The summed E-state index contributed by atoms with van der Waals surface area (Å²) in [6.07, 6.45) is 0. The van der Waals surface area contributed by atoms with Gasteiger partial charge >= 0.3 is 5.97 Å². The Bertz CT molecular complexity index is 757. The molecule has 2 aromatic rings. The third-order valence-corrected chi connectivity index (χ3v) is 2.87. The van der Waals surface area contributed by atoms with Crippen molar-refractivity contribution >= 4 is 11.9 Å².